The van der Waals surface area contributed by atoms with Crippen LogP contribution in [0.1, 0.15) is 30.3 Å². The van der Waals surface area contributed by atoms with Crippen molar-refractivity contribution in [2.45, 2.75) is 38.0 Å². The standard InChI is InChI=1S/C13H19N3O4/c1-2-18-12(17)8-6-20-13(15-8)16-10-9(14)7-4-3-5-19-11(7)10/h6-7,9-11H,2-5,14H2,1H3,(H,15,16). The summed E-state index contributed by atoms with van der Waals surface area (Å²) in [6.45, 7) is 2.82. The van der Waals surface area contributed by atoms with E-state index < -0.39 is 5.97 Å². The molecule has 0 radical (unpaired) electrons. The van der Waals surface area contributed by atoms with Gasteiger partial charge in [-0.1, -0.05) is 0 Å². The number of anilines is 1. The fourth-order valence-electron chi connectivity index (χ4n) is 2.91. The lowest BCUT2D eigenvalue weighted by Crippen LogP contribution is -2.69. The fourth-order valence-corrected chi connectivity index (χ4v) is 2.91. The summed E-state index contributed by atoms with van der Waals surface area (Å²) < 4.78 is 15.8. The molecule has 1 saturated carbocycles. The zero-order chi connectivity index (χ0) is 14.1. The van der Waals surface area contributed by atoms with Gasteiger partial charge in [0.25, 0.3) is 6.01 Å². The topological polar surface area (TPSA) is 99.6 Å². The summed E-state index contributed by atoms with van der Waals surface area (Å²) >= 11 is 0. The Balaban J connectivity index is 1.62. The average molecular weight is 281 g/mol. The molecular weight excluding hydrogens is 262 g/mol. The number of nitrogens with one attached hydrogen (secondary N) is 1. The van der Waals surface area contributed by atoms with E-state index in [0.29, 0.717) is 12.5 Å². The van der Waals surface area contributed by atoms with Gasteiger partial charge >= 0.3 is 5.97 Å². The zero-order valence-electron chi connectivity index (χ0n) is 11.4. The van der Waals surface area contributed by atoms with Crippen LogP contribution in [0.3, 0.4) is 0 Å². The second-order valence-corrected chi connectivity index (χ2v) is 5.15. The van der Waals surface area contributed by atoms with Crippen molar-refractivity contribution in [3.8, 4) is 0 Å². The van der Waals surface area contributed by atoms with E-state index in [2.05, 4.69) is 10.3 Å². The number of carbonyl (C=O) groups is 1. The normalized spacial score (nSPS) is 32.1. The number of nitrogens with zero attached hydrogens (tertiary/aromatic N) is 1. The molecule has 3 rings (SSSR count). The van der Waals surface area contributed by atoms with Gasteiger partial charge < -0.3 is 24.9 Å². The summed E-state index contributed by atoms with van der Waals surface area (Å²) in [5.41, 5.74) is 6.29. The molecule has 1 aromatic rings. The third-order valence-electron chi connectivity index (χ3n) is 3.96. The number of carbonyl (C=O) groups excluding carboxylic acids is 1. The first-order valence-corrected chi connectivity index (χ1v) is 6.97. The van der Waals surface area contributed by atoms with Crippen molar-refractivity contribution < 1.29 is 18.7 Å². The summed E-state index contributed by atoms with van der Waals surface area (Å²) in [6, 6.07) is 0.286. The van der Waals surface area contributed by atoms with Crippen LogP contribution in [-0.4, -0.2) is 42.4 Å². The fraction of sp³-hybridized carbons (Fsp3) is 0.692. The van der Waals surface area contributed by atoms with E-state index in [4.69, 9.17) is 19.6 Å². The minimum Gasteiger partial charge on any atom is -0.461 e. The van der Waals surface area contributed by atoms with Gasteiger partial charge in [0.2, 0.25) is 0 Å². The summed E-state index contributed by atoms with van der Waals surface area (Å²) in [4.78, 5) is 15.6. The van der Waals surface area contributed by atoms with E-state index in [1.807, 2.05) is 0 Å². The Morgan fingerprint density at radius 3 is 3.30 bits per heavy atom. The van der Waals surface area contributed by atoms with Crippen molar-refractivity contribution in [3.63, 3.8) is 0 Å². The predicted molar refractivity (Wildman–Crippen MR) is 70.3 cm³/mol. The summed E-state index contributed by atoms with van der Waals surface area (Å²) in [5.74, 6) is -0.0882. The molecule has 20 heavy (non-hydrogen) atoms. The Labute approximate surface area is 116 Å². The smallest absolute Gasteiger partial charge is 0.360 e. The molecule has 4 unspecified atom stereocenters. The number of ether oxygens (including phenoxy) is 2. The van der Waals surface area contributed by atoms with Crippen LogP contribution in [-0.2, 0) is 9.47 Å². The molecule has 2 heterocycles. The third-order valence-corrected chi connectivity index (χ3v) is 3.96. The van der Waals surface area contributed by atoms with E-state index in [0.717, 1.165) is 19.4 Å². The molecule has 4 atom stereocenters. The molecular formula is C13H19N3O4. The van der Waals surface area contributed by atoms with Crippen molar-refractivity contribution in [2.24, 2.45) is 11.7 Å². The number of fused-ring (bicyclic) bond motifs is 1. The van der Waals surface area contributed by atoms with Crippen molar-refractivity contribution in [1.29, 1.82) is 0 Å². The Kier molecular flexibility index (Phi) is 3.62. The van der Waals surface area contributed by atoms with E-state index in [1.165, 1.54) is 6.26 Å². The largest absolute Gasteiger partial charge is 0.461 e. The van der Waals surface area contributed by atoms with E-state index in [-0.39, 0.29) is 29.9 Å². The van der Waals surface area contributed by atoms with Crippen LogP contribution in [0.15, 0.2) is 10.7 Å². The van der Waals surface area contributed by atoms with Crippen LogP contribution in [0, 0.1) is 5.92 Å². The molecule has 2 fully saturated rings. The van der Waals surface area contributed by atoms with Gasteiger partial charge in [0.05, 0.1) is 18.8 Å². The Morgan fingerprint density at radius 2 is 2.50 bits per heavy atom. The van der Waals surface area contributed by atoms with Crippen LogP contribution in [0.2, 0.25) is 0 Å². The van der Waals surface area contributed by atoms with Crippen LogP contribution in [0.4, 0.5) is 6.01 Å². The number of hydrogen-bond acceptors (Lipinski definition) is 7. The molecule has 0 amide bonds. The van der Waals surface area contributed by atoms with Crippen molar-refractivity contribution >= 4 is 12.0 Å². The Bertz CT molecular complexity index is 490. The van der Waals surface area contributed by atoms with Gasteiger partial charge in [-0.25, -0.2) is 4.79 Å². The van der Waals surface area contributed by atoms with E-state index in [9.17, 15) is 4.79 Å². The highest BCUT2D eigenvalue weighted by molar-refractivity contribution is 5.87. The molecule has 0 aromatic carbocycles. The number of rotatable bonds is 4. The second kappa shape index (κ2) is 5.41. The number of hydrogen-bond donors (Lipinski definition) is 2. The first kappa shape index (κ1) is 13.4. The maximum absolute atomic E-state index is 11.5. The second-order valence-electron chi connectivity index (χ2n) is 5.15. The SMILES string of the molecule is CCOC(=O)c1coc(NC2C(N)C3CCCOC32)n1. The Morgan fingerprint density at radius 1 is 1.65 bits per heavy atom. The molecule has 1 aromatic heterocycles. The molecule has 1 aliphatic carbocycles. The summed E-state index contributed by atoms with van der Waals surface area (Å²) in [6.07, 6.45) is 3.55. The van der Waals surface area contributed by atoms with Gasteiger partial charge in [-0.05, 0) is 19.8 Å². The van der Waals surface area contributed by atoms with Crippen LogP contribution < -0.4 is 11.1 Å². The van der Waals surface area contributed by atoms with Crippen LogP contribution in [0.25, 0.3) is 0 Å². The molecule has 7 nitrogen and oxygen atoms in total. The van der Waals surface area contributed by atoms with Crippen molar-refractivity contribution in [3.05, 3.63) is 12.0 Å². The summed E-state index contributed by atoms with van der Waals surface area (Å²) in [5, 5.41) is 3.11. The van der Waals surface area contributed by atoms with Gasteiger partial charge in [0.15, 0.2) is 5.69 Å². The first-order chi connectivity index (χ1) is 9.70. The van der Waals surface area contributed by atoms with Gasteiger partial charge in [-0.15, -0.1) is 0 Å². The molecule has 1 aliphatic heterocycles. The molecule has 1 saturated heterocycles. The lowest BCUT2D eigenvalue weighted by atomic mass is 9.69. The van der Waals surface area contributed by atoms with Crippen molar-refractivity contribution in [2.75, 3.05) is 18.5 Å². The lowest BCUT2D eigenvalue weighted by molar-refractivity contribution is -0.104. The highest BCUT2D eigenvalue weighted by Gasteiger charge is 2.51. The van der Waals surface area contributed by atoms with Gasteiger partial charge in [-0.3, -0.25) is 0 Å². The molecule has 2 aliphatic rings. The molecule has 7 heteroatoms. The average Bonchev–Trinajstić information content (AvgIpc) is 2.93. The van der Waals surface area contributed by atoms with Crippen LogP contribution in [0.5, 0.6) is 0 Å². The predicted octanol–water partition coefficient (Wildman–Crippen LogP) is 0.768. The Hall–Kier alpha value is -1.60. The molecule has 0 bridgehead atoms. The van der Waals surface area contributed by atoms with Crippen LogP contribution >= 0.6 is 0 Å². The highest BCUT2D eigenvalue weighted by Crippen LogP contribution is 2.38. The molecule has 3 N–H and O–H groups in total. The quantitative estimate of drug-likeness (QED) is 0.786. The van der Waals surface area contributed by atoms with Gasteiger partial charge in [0.1, 0.15) is 6.26 Å². The lowest BCUT2D eigenvalue weighted by Gasteiger charge is -2.52. The minimum absolute atomic E-state index is 0.0194. The minimum atomic E-state index is -0.492. The summed E-state index contributed by atoms with van der Waals surface area (Å²) in [7, 11) is 0. The number of aromatic nitrogens is 1. The molecule has 0 spiro atoms. The maximum atomic E-state index is 11.5. The van der Waals surface area contributed by atoms with Gasteiger partial charge in [0, 0.05) is 18.6 Å². The maximum Gasteiger partial charge on any atom is 0.360 e. The number of esters is 1. The monoisotopic (exact) mass is 281 g/mol. The van der Waals surface area contributed by atoms with E-state index >= 15 is 0 Å². The first-order valence-electron chi connectivity index (χ1n) is 6.97. The van der Waals surface area contributed by atoms with E-state index in [1.54, 1.807) is 6.92 Å². The van der Waals surface area contributed by atoms with Crippen molar-refractivity contribution in [1.82, 2.24) is 4.98 Å². The number of nitrogens with two attached hydrogens (primary N) is 1. The molecule has 110 valence electrons. The third kappa shape index (κ3) is 2.27. The zero-order valence-corrected chi connectivity index (χ0v) is 11.4. The number of oxazole rings is 1. The van der Waals surface area contributed by atoms with Gasteiger partial charge in [-0.2, -0.15) is 4.98 Å². The highest BCUT2D eigenvalue weighted by atomic mass is 16.5.